The number of aliphatic imine (C=N–C) groups is 1. The summed E-state index contributed by atoms with van der Waals surface area (Å²) < 4.78 is 0. The van der Waals surface area contributed by atoms with Crippen LogP contribution >= 0.6 is 35.3 Å². The van der Waals surface area contributed by atoms with E-state index in [4.69, 9.17) is 0 Å². The van der Waals surface area contributed by atoms with Gasteiger partial charge in [0.1, 0.15) is 0 Å². The molecule has 6 heteroatoms. The maximum Gasteiger partial charge on any atom is 0.191 e. The molecule has 120 valence electrons. The molecule has 1 heterocycles. The number of aryl methyl sites for hydroxylation is 2. The first-order chi connectivity index (χ1) is 9.69. The molecule has 0 atom stereocenters. The van der Waals surface area contributed by atoms with E-state index in [-0.39, 0.29) is 24.0 Å². The largest absolute Gasteiger partial charge is 0.357 e. The van der Waals surface area contributed by atoms with Gasteiger partial charge < -0.3 is 10.6 Å². The van der Waals surface area contributed by atoms with E-state index >= 15 is 0 Å². The SMILES string of the molecule is CCNC(=NCCC1CC1)NCCc1nc(C)c(C)s1.I. The molecule has 1 aromatic rings. The van der Waals surface area contributed by atoms with Crippen LogP contribution in [0.15, 0.2) is 4.99 Å². The second-order valence-electron chi connectivity index (χ2n) is 5.42. The summed E-state index contributed by atoms with van der Waals surface area (Å²) in [6.45, 7) is 9.05. The summed E-state index contributed by atoms with van der Waals surface area (Å²) in [7, 11) is 0. The minimum absolute atomic E-state index is 0. The first-order valence-corrected chi connectivity index (χ1v) is 8.45. The monoisotopic (exact) mass is 422 g/mol. The molecule has 0 unspecified atom stereocenters. The van der Waals surface area contributed by atoms with Crippen molar-refractivity contribution in [3.8, 4) is 0 Å². The van der Waals surface area contributed by atoms with E-state index in [2.05, 4.69) is 41.4 Å². The van der Waals surface area contributed by atoms with Crippen LogP contribution in [0.5, 0.6) is 0 Å². The molecule has 1 fully saturated rings. The van der Waals surface area contributed by atoms with Crippen LogP contribution in [-0.4, -0.2) is 30.6 Å². The number of hydrogen-bond acceptors (Lipinski definition) is 3. The number of halogens is 1. The lowest BCUT2D eigenvalue weighted by molar-refractivity contribution is 0.724. The average molecular weight is 422 g/mol. The van der Waals surface area contributed by atoms with Gasteiger partial charge in [-0.15, -0.1) is 35.3 Å². The number of aromatic nitrogens is 1. The molecule has 1 aliphatic rings. The van der Waals surface area contributed by atoms with Crippen molar-refractivity contribution in [2.75, 3.05) is 19.6 Å². The highest BCUT2D eigenvalue weighted by Crippen LogP contribution is 2.32. The fourth-order valence-corrected chi connectivity index (χ4v) is 2.97. The molecule has 0 spiro atoms. The van der Waals surface area contributed by atoms with E-state index in [9.17, 15) is 0 Å². The molecule has 0 bridgehead atoms. The van der Waals surface area contributed by atoms with Crippen molar-refractivity contribution in [3.05, 3.63) is 15.6 Å². The van der Waals surface area contributed by atoms with Crippen molar-refractivity contribution in [2.24, 2.45) is 10.9 Å². The van der Waals surface area contributed by atoms with E-state index in [1.807, 2.05) is 0 Å². The Morgan fingerprint density at radius 2 is 2.10 bits per heavy atom. The Morgan fingerprint density at radius 3 is 2.67 bits per heavy atom. The van der Waals surface area contributed by atoms with Gasteiger partial charge in [-0.3, -0.25) is 4.99 Å². The number of nitrogens with one attached hydrogen (secondary N) is 2. The van der Waals surface area contributed by atoms with Crippen molar-refractivity contribution >= 4 is 41.3 Å². The lowest BCUT2D eigenvalue weighted by Gasteiger charge is -2.10. The average Bonchev–Trinajstić information content (AvgIpc) is 3.17. The summed E-state index contributed by atoms with van der Waals surface area (Å²) >= 11 is 1.80. The summed E-state index contributed by atoms with van der Waals surface area (Å²) in [5.74, 6) is 1.89. The van der Waals surface area contributed by atoms with E-state index in [1.165, 1.54) is 29.1 Å². The molecular formula is C15H27IN4S. The van der Waals surface area contributed by atoms with Gasteiger partial charge in [0.05, 0.1) is 10.7 Å². The molecule has 21 heavy (non-hydrogen) atoms. The highest BCUT2D eigenvalue weighted by molar-refractivity contribution is 14.0. The summed E-state index contributed by atoms with van der Waals surface area (Å²) in [5, 5.41) is 7.91. The predicted octanol–water partition coefficient (Wildman–Crippen LogP) is 3.28. The zero-order valence-corrected chi connectivity index (χ0v) is 16.4. The van der Waals surface area contributed by atoms with Gasteiger partial charge >= 0.3 is 0 Å². The van der Waals surface area contributed by atoms with Gasteiger partial charge in [0.15, 0.2) is 5.96 Å². The minimum Gasteiger partial charge on any atom is -0.357 e. The summed E-state index contributed by atoms with van der Waals surface area (Å²) in [5.41, 5.74) is 1.16. The zero-order chi connectivity index (χ0) is 14.4. The predicted molar refractivity (Wildman–Crippen MR) is 102 cm³/mol. The number of guanidine groups is 1. The Balaban J connectivity index is 0.00000220. The Morgan fingerprint density at radius 1 is 1.33 bits per heavy atom. The van der Waals surface area contributed by atoms with Crippen molar-refractivity contribution in [3.63, 3.8) is 0 Å². The van der Waals surface area contributed by atoms with Gasteiger partial charge in [-0.25, -0.2) is 4.98 Å². The van der Waals surface area contributed by atoms with Gasteiger partial charge in [0, 0.05) is 30.9 Å². The highest BCUT2D eigenvalue weighted by Gasteiger charge is 2.20. The van der Waals surface area contributed by atoms with Gasteiger partial charge in [-0.05, 0) is 33.1 Å². The van der Waals surface area contributed by atoms with Crippen LogP contribution in [0.3, 0.4) is 0 Å². The van der Waals surface area contributed by atoms with Crippen LogP contribution in [0.25, 0.3) is 0 Å². The van der Waals surface area contributed by atoms with Gasteiger partial charge in [-0.2, -0.15) is 0 Å². The molecule has 1 aromatic heterocycles. The normalized spacial score (nSPS) is 14.7. The summed E-state index contributed by atoms with van der Waals surface area (Å²) in [6, 6.07) is 0. The van der Waals surface area contributed by atoms with E-state index < -0.39 is 0 Å². The van der Waals surface area contributed by atoms with Crippen molar-refractivity contribution < 1.29 is 0 Å². The van der Waals surface area contributed by atoms with Crippen LogP contribution < -0.4 is 10.6 Å². The Bertz CT molecular complexity index is 435. The van der Waals surface area contributed by atoms with Gasteiger partial charge in [0.2, 0.25) is 0 Å². The molecule has 0 amide bonds. The molecule has 0 aliphatic heterocycles. The maximum atomic E-state index is 4.62. The lowest BCUT2D eigenvalue weighted by Crippen LogP contribution is -2.38. The summed E-state index contributed by atoms with van der Waals surface area (Å²) in [6.07, 6.45) is 5.01. The maximum absolute atomic E-state index is 4.62. The highest BCUT2D eigenvalue weighted by atomic mass is 127. The number of nitrogens with zero attached hydrogens (tertiary/aromatic N) is 2. The zero-order valence-electron chi connectivity index (χ0n) is 13.2. The van der Waals surface area contributed by atoms with Crippen molar-refractivity contribution in [1.82, 2.24) is 15.6 Å². The standard InChI is InChI=1S/C15H26N4S.HI/c1-4-16-15(17-9-7-13-5-6-13)18-10-8-14-19-11(2)12(3)20-14;/h13H,4-10H2,1-3H3,(H2,16,17,18);1H. The van der Waals surface area contributed by atoms with Gasteiger partial charge in [-0.1, -0.05) is 12.8 Å². The molecule has 0 saturated heterocycles. The van der Waals surface area contributed by atoms with Gasteiger partial charge in [0.25, 0.3) is 0 Å². The fourth-order valence-electron chi connectivity index (χ4n) is 2.04. The Labute approximate surface area is 149 Å². The molecule has 1 aliphatic carbocycles. The molecule has 4 nitrogen and oxygen atoms in total. The van der Waals surface area contributed by atoms with Crippen LogP contribution in [0.4, 0.5) is 0 Å². The lowest BCUT2D eigenvalue weighted by atomic mass is 10.3. The van der Waals surface area contributed by atoms with Crippen LogP contribution in [0, 0.1) is 19.8 Å². The molecule has 2 N–H and O–H groups in total. The number of hydrogen-bond donors (Lipinski definition) is 2. The molecular weight excluding hydrogens is 395 g/mol. The Hall–Kier alpha value is -0.370. The molecule has 2 rings (SSSR count). The Kier molecular flexibility index (Phi) is 8.55. The first kappa shape index (κ1) is 18.7. The second-order valence-corrected chi connectivity index (χ2v) is 6.71. The van der Waals surface area contributed by atoms with Crippen LogP contribution in [0.2, 0.25) is 0 Å². The number of thiazole rings is 1. The topological polar surface area (TPSA) is 49.3 Å². The van der Waals surface area contributed by atoms with E-state index in [0.29, 0.717) is 0 Å². The van der Waals surface area contributed by atoms with E-state index in [0.717, 1.165) is 43.6 Å². The third kappa shape index (κ3) is 6.95. The number of rotatable bonds is 7. The quantitative estimate of drug-likeness (QED) is 0.403. The molecule has 0 radical (unpaired) electrons. The van der Waals surface area contributed by atoms with E-state index in [1.54, 1.807) is 11.3 Å². The minimum atomic E-state index is 0. The third-order valence-electron chi connectivity index (χ3n) is 3.55. The van der Waals surface area contributed by atoms with Crippen molar-refractivity contribution in [2.45, 2.75) is 46.5 Å². The van der Waals surface area contributed by atoms with Crippen LogP contribution in [0.1, 0.15) is 41.8 Å². The second kappa shape index (κ2) is 9.61. The van der Waals surface area contributed by atoms with Crippen LogP contribution in [-0.2, 0) is 6.42 Å². The first-order valence-electron chi connectivity index (χ1n) is 7.64. The molecule has 1 saturated carbocycles. The fraction of sp³-hybridized carbons (Fsp3) is 0.733. The third-order valence-corrected chi connectivity index (χ3v) is 4.69. The summed E-state index contributed by atoms with van der Waals surface area (Å²) in [4.78, 5) is 10.5. The smallest absolute Gasteiger partial charge is 0.191 e. The van der Waals surface area contributed by atoms with Crippen molar-refractivity contribution in [1.29, 1.82) is 0 Å². The molecule has 0 aromatic carbocycles.